The van der Waals surface area contributed by atoms with Gasteiger partial charge in [-0.2, -0.15) is 13.0 Å². The summed E-state index contributed by atoms with van der Waals surface area (Å²) in [6.07, 6.45) is 3.76. The third-order valence-electron chi connectivity index (χ3n) is 8.33. The summed E-state index contributed by atoms with van der Waals surface area (Å²) in [5.74, 6) is 0. The third-order valence-corrected chi connectivity index (χ3v) is 11.0. The van der Waals surface area contributed by atoms with Crippen molar-refractivity contribution < 1.29 is 30.5 Å². The third kappa shape index (κ3) is 6.75. The van der Waals surface area contributed by atoms with E-state index in [4.69, 9.17) is 9.08 Å². The normalized spacial score (nSPS) is 14.1. The molecule has 11 heteroatoms. The van der Waals surface area contributed by atoms with Gasteiger partial charge in [-0.05, 0) is 70.2 Å². The smallest absolute Gasteiger partial charge is 0.335 e. The lowest BCUT2D eigenvalue weighted by molar-refractivity contribution is -0.433. The molecule has 1 aromatic heterocycles. The summed E-state index contributed by atoms with van der Waals surface area (Å²) >= 11 is 0. The standard InChI is InChI=1S/C30H29N2O4S.C7H8O3S/c1-5-32-26-18-16-23(37(34,35)22-14-10-7-11-15-22)20-25(26)30(2,3)27(32)19-17-24-28(31(4)36-29(24)33)21-12-8-6-9-13-21;1-6-2-4-7(5-3-6)11(8,9)10/h6-20H,5H2,1-4H3;2-5H,1H3,(H,8,9,10)/q+1;. The lowest BCUT2D eigenvalue weighted by Gasteiger charge is -2.16. The van der Waals surface area contributed by atoms with Gasteiger partial charge in [0, 0.05) is 30.3 Å². The second kappa shape index (κ2) is 13.3. The first kappa shape index (κ1) is 34.5. The molecule has 1 aliphatic rings. The monoisotopic (exact) mass is 685 g/mol. The van der Waals surface area contributed by atoms with Crippen molar-refractivity contribution in [1.82, 2.24) is 4.74 Å². The molecule has 0 amide bonds. The van der Waals surface area contributed by atoms with E-state index in [1.54, 1.807) is 67.7 Å². The van der Waals surface area contributed by atoms with Crippen molar-refractivity contribution in [3.8, 4) is 11.3 Å². The highest BCUT2D eigenvalue weighted by atomic mass is 32.2. The van der Waals surface area contributed by atoms with E-state index in [0.29, 0.717) is 17.8 Å². The van der Waals surface area contributed by atoms with Gasteiger partial charge in [-0.15, -0.1) is 0 Å². The molecule has 0 unspecified atom stereocenters. The highest BCUT2D eigenvalue weighted by Gasteiger charge is 2.44. The van der Waals surface area contributed by atoms with Crippen LogP contribution in [-0.4, -0.2) is 43.0 Å². The van der Waals surface area contributed by atoms with E-state index in [0.717, 1.165) is 28.1 Å². The Labute approximate surface area is 280 Å². The zero-order chi connectivity index (χ0) is 34.9. The van der Waals surface area contributed by atoms with Crippen molar-refractivity contribution in [1.29, 1.82) is 0 Å². The van der Waals surface area contributed by atoms with Gasteiger partial charge in [0.1, 0.15) is 6.54 Å². The fourth-order valence-electron chi connectivity index (χ4n) is 5.84. The molecule has 248 valence electrons. The van der Waals surface area contributed by atoms with E-state index in [-0.39, 0.29) is 14.7 Å². The van der Waals surface area contributed by atoms with Crippen LogP contribution in [0.25, 0.3) is 17.3 Å². The largest absolute Gasteiger partial charge is 0.365 e. The van der Waals surface area contributed by atoms with Crippen molar-refractivity contribution in [3.63, 3.8) is 0 Å². The van der Waals surface area contributed by atoms with Crippen LogP contribution in [0.3, 0.4) is 0 Å². The average Bonchev–Trinajstić information content (AvgIpc) is 3.47. The number of allylic oxidation sites excluding steroid dienone is 1. The molecule has 6 rings (SSSR count). The van der Waals surface area contributed by atoms with Crippen LogP contribution in [0, 0.1) is 6.92 Å². The van der Waals surface area contributed by atoms with E-state index >= 15 is 0 Å². The average molecular weight is 686 g/mol. The Bertz CT molecular complexity index is 2300. The van der Waals surface area contributed by atoms with Crippen molar-refractivity contribution in [2.45, 2.75) is 47.8 Å². The molecule has 9 nitrogen and oxygen atoms in total. The number of sulfone groups is 1. The summed E-state index contributed by atoms with van der Waals surface area (Å²) in [6.45, 7) is 8.74. The zero-order valence-corrected chi connectivity index (χ0v) is 28.9. The number of hydrogen-bond acceptors (Lipinski definition) is 6. The summed E-state index contributed by atoms with van der Waals surface area (Å²) in [4.78, 5) is 13.2. The number of hydrogen-bond donors (Lipinski definition) is 1. The number of fused-ring (bicyclic) bond motifs is 1. The van der Waals surface area contributed by atoms with Crippen LogP contribution < -0.4 is 5.63 Å². The molecule has 4 aromatic carbocycles. The summed E-state index contributed by atoms with van der Waals surface area (Å²) in [5.41, 5.74) is 4.97. The molecule has 0 atom stereocenters. The number of rotatable bonds is 7. The fraction of sp³-hybridized carbons (Fsp3) is 0.189. The first-order chi connectivity index (χ1) is 22.7. The Morgan fingerprint density at radius 3 is 1.98 bits per heavy atom. The van der Waals surface area contributed by atoms with Gasteiger partial charge in [-0.1, -0.05) is 66.2 Å². The van der Waals surface area contributed by atoms with Gasteiger partial charge >= 0.3 is 5.63 Å². The van der Waals surface area contributed by atoms with E-state index in [9.17, 15) is 21.6 Å². The highest BCUT2D eigenvalue weighted by Crippen LogP contribution is 2.42. The Hall–Kier alpha value is -4.84. The van der Waals surface area contributed by atoms with E-state index in [1.165, 1.54) is 16.9 Å². The van der Waals surface area contributed by atoms with Gasteiger partial charge in [0.25, 0.3) is 10.1 Å². The minimum absolute atomic E-state index is 0.0666. The van der Waals surface area contributed by atoms with Crippen LogP contribution in [0.15, 0.2) is 133 Å². The van der Waals surface area contributed by atoms with Crippen LogP contribution in [0.2, 0.25) is 0 Å². The molecular formula is C37H37N2O7S2+. The quantitative estimate of drug-likeness (QED) is 0.147. The summed E-state index contributed by atoms with van der Waals surface area (Å²) in [6, 6.07) is 29.5. The van der Waals surface area contributed by atoms with Crippen LogP contribution in [-0.2, 0) is 32.4 Å². The van der Waals surface area contributed by atoms with E-state index in [2.05, 4.69) is 25.3 Å². The van der Waals surface area contributed by atoms with Gasteiger partial charge < -0.3 is 4.52 Å². The van der Waals surface area contributed by atoms with Gasteiger partial charge in [0.15, 0.2) is 5.71 Å². The molecule has 0 saturated heterocycles. The molecule has 0 fully saturated rings. The minimum atomic E-state index is -4.02. The predicted octanol–water partition coefficient (Wildman–Crippen LogP) is 6.83. The van der Waals surface area contributed by atoms with Crippen LogP contribution in [0.4, 0.5) is 5.69 Å². The maximum atomic E-state index is 13.3. The molecule has 1 aliphatic heterocycles. The van der Waals surface area contributed by atoms with Crippen LogP contribution in [0.1, 0.15) is 37.5 Å². The predicted molar refractivity (Wildman–Crippen MR) is 186 cm³/mol. The Balaban J connectivity index is 0.000000349. The summed E-state index contributed by atoms with van der Waals surface area (Å²) in [7, 11) is -5.95. The number of aromatic nitrogens is 1. The maximum Gasteiger partial charge on any atom is 0.365 e. The van der Waals surface area contributed by atoms with Crippen molar-refractivity contribution in [2.75, 3.05) is 6.54 Å². The number of aryl methyl sites for hydroxylation is 2. The van der Waals surface area contributed by atoms with Gasteiger partial charge in [0.05, 0.1) is 31.4 Å². The molecule has 0 spiro atoms. The SMILES string of the molecule is CC[N+]1=C(/C=C/c2c(-c3ccccc3)n(C)oc2=O)C(C)(C)c2cc(S(=O)(=O)c3ccccc3)ccc21.Cc1ccc(S(=O)(=O)O)cc1. The summed E-state index contributed by atoms with van der Waals surface area (Å²) in [5, 5.41) is 0. The maximum absolute atomic E-state index is 13.3. The molecule has 0 radical (unpaired) electrons. The molecule has 1 N–H and O–H groups in total. The lowest BCUT2D eigenvalue weighted by atomic mass is 9.81. The summed E-state index contributed by atoms with van der Waals surface area (Å²) < 4.78 is 65.2. The number of benzene rings is 4. The Morgan fingerprint density at radius 1 is 0.812 bits per heavy atom. The zero-order valence-electron chi connectivity index (χ0n) is 27.3. The minimum Gasteiger partial charge on any atom is -0.335 e. The second-order valence-electron chi connectivity index (χ2n) is 11.9. The van der Waals surface area contributed by atoms with Crippen LogP contribution >= 0.6 is 0 Å². The molecule has 0 bridgehead atoms. The Kier molecular flexibility index (Phi) is 9.59. The van der Waals surface area contributed by atoms with Crippen molar-refractivity contribution >= 4 is 37.4 Å². The fourth-order valence-corrected chi connectivity index (χ4v) is 7.62. The molecule has 5 aromatic rings. The first-order valence-electron chi connectivity index (χ1n) is 15.2. The topological polar surface area (TPSA) is 127 Å². The molecule has 48 heavy (non-hydrogen) atoms. The first-order valence-corrected chi connectivity index (χ1v) is 18.2. The lowest BCUT2D eigenvalue weighted by Crippen LogP contribution is -2.27. The second-order valence-corrected chi connectivity index (χ2v) is 15.2. The van der Waals surface area contributed by atoms with E-state index < -0.39 is 31.0 Å². The van der Waals surface area contributed by atoms with Gasteiger partial charge in [0.2, 0.25) is 15.5 Å². The molecule has 0 aliphatic carbocycles. The van der Waals surface area contributed by atoms with E-state index in [1.807, 2.05) is 49.4 Å². The molecular weight excluding hydrogens is 649 g/mol. The molecule has 0 saturated carbocycles. The molecule has 2 heterocycles. The van der Waals surface area contributed by atoms with Gasteiger partial charge in [-0.25, -0.2) is 18.0 Å². The Morgan fingerprint density at radius 2 is 1.40 bits per heavy atom. The number of nitrogens with zero attached hydrogens (tertiary/aromatic N) is 2. The van der Waals surface area contributed by atoms with Crippen LogP contribution in [0.5, 0.6) is 0 Å². The van der Waals surface area contributed by atoms with Gasteiger partial charge in [-0.3, -0.25) is 4.55 Å². The highest BCUT2D eigenvalue weighted by molar-refractivity contribution is 7.91. The van der Waals surface area contributed by atoms with Crippen molar-refractivity contribution in [2.24, 2.45) is 7.05 Å². The van der Waals surface area contributed by atoms with Crippen molar-refractivity contribution in [3.05, 3.63) is 136 Å².